The molecule has 1 heterocycles. The lowest BCUT2D eigenvalue weighted by molar-refractivity contribution is -0.140. The van der Waals surface area contributed by atoms with Gasteiger partial charge in [-0.3, -0.25) is 34.0 Å². The van der Waals surface area contributed by atoms with Crippen LogP contribution in [0.5, 0.6) is 0 Å². The first kappa shape index (κ1) is 25.2. The van der Waals surface area contributed by atoms with Crippen molar-refractivity contribution in [2.24, 2.45) is 0 Å². The summed E-state index contributed by atoms with van der Waals surface area (Å²) in [4.78, 5) is 43.3. The van der Waals surface area contributed by atoms with Gasteiger partial charge in [-0.05, 0) is 14.1 Å². The standard InChI is InChI=1S/C18H35N5O6/c1-19(2)3-4-20-5-7-21(13-16(24)25)9-11-23(15-18(28)29)12-10-22(8-6-20)14-17(26)27/h3-15H2,1-2H3,(H,24,25)(H,26,27)(H,28,29). The van der Waals surface area contributed by atoms with Gasteiger partial charge in [0, 0.05) is 65.4 Å². The number of hydrogen-bond donors (Lipinski definition) is 3. The number of carbonyl (C=O) groups is 3. The first-order chi connectivity index (χ1) is 13.7. The molecule has 29 heavy (non-hydrogen) atoms. The van der Waals surface area contributed by atoms with Gasteiger partial charge in [-0.1, -0.05) is 0 Å². The highest BCUT2D eigenvalue weighted by molar-refractivity contribution is 5.69. The van der Waals surface area contributed by atoms with Gasteiger partial charge < -0.3 is 20.2 Å². The van der Waals surface area contributed by atoms with E-state index in [2.05, 4.69) is 9.80 Å². The second-order valence-corrected chi connectivity index (χ2v) is 7.65. The molecule has 0 saturated carbocycles. The molecular weight excluding hydrogens is 382 g/mol. The maximum absolute atomic E-state index is 11.2. The van der Waals surface area contributed by atoms with E-state index in [9.17, 15) is 24.6 Å². The van der Waals surface area contributed by atoms with Crippen molar-refractivity contribution in [2.75, 3.05) is 99.2 Å². The van der Waals surface area contributed by atoms with Gasteiger partial charge in [0.1, 0.15) is 0 Å². The Morgan fingerprint density at radius 2 is 0.897 bits per heavy atom. The molecule has 3 N–H and O–H groups in total. The molecule has 11 heteroatoms. The predicted octanol–water partition coefficient (Wildman–Crippen LogP) is -1.98. The van der Waals surface area contributed by atoms with Crippen molar-refractivity contribution < 1.29 is 29.7 Å². The minimum absolute atomic E-state index is 0.0897. The summed E-state index contributed by atoms with van der Waals surface area (Å²) in [6.07, 6.45) is 0. The van der Waals surface area contributed by atoms with Gasteiger partial charge in [0.2, 0.25) is 0 Å². The van der Waals surface area contributed by atoms with Crippen molar-refractivity contribution in [1.29, 1.82) is 0 Å². The minimum Gasteiger partial charge on any atom is -0.480 e. The fraction of sp³-hybridized carbons (Fsp3) is 0.833. The highest BCUT2D eigenvalue weighted by atomic mass is 16.4. The summed E-state index contributed by atoms with van der Waals surface area (Å²) in [5.41, 5.74) is 0. The lowest BCUT2D eigenvalue weighted by Crippen LogP contribution is -2.49. The highest BCUT2D eigenvalue weighted by Crippen LogP contribution is 2.01. The molecule has 0 aliphatic carbocycles. The third-order valence-electron chi connectivity index (χ3n) is 4.87. The third-order valence-corrected chi connectivity index (χ3v) is 4.87. The second-order valence-electron chi connectivity index (χ2n) is 7.65. The molecule has 1 aliphatic heterocycles. The fourth-order valence-corrected chi connectivity index (χ4v) is 3.19. The van der Waals surface area contributed by atoms with E-state index in [0.717, 1.165) is 13.1 Å². The van der Waals surface area contributed by atoms with Crippen molar-refractivity contribution in [1.82, 2.24) is 24.5 Å². The average molecular weight is 418 g/mol. The summed E-state index contributed by atoms with van der Waals surface area (Å²) >= 11 is 0. The van der Waals surface area contributed by atoms with Crippen LogP contribution in [-0.4, -0.2) is 157 Å². The lowest BCUT2D eigenvalue weighted by atomic mass is 10.3. The Bertz CT molecular complexity index is 501. The number of carboxylic acid groups (broad SMARTS) is 3. The van der Waals surface area contributed by atoms with Crippen LogP contribution in [-0.2, 0) is 14.4 Å². The molecule has 0 aromatic carbocycles. The van der Waals surface area contributed by atoms with E-state index in [1.807, 2.05) is 23.9 Å². The molecule has 0 atom stereocenters. The molecule has 0 radical (unpaired) electrons. The quantitative estimate of drug-likeness (QED) is 0.386. The topological polar surface area (TPSA) is 128 Å². The predicted molar refractivity (Wildman–Crippen MR) is 107 cm³/mol. The summed E-state index contributed by atoms with van der Waals surface area (Å²) in [5.74, 6) is -2.77. The Kier molecular flexibility index (Phi) is 11.7. The monoisotopic (exact) mass is 417 g/mol. The van der Waals surface area contributed by atoms with E-state index in [-0.39, 0.29) is 19.6 Å². The van der Waals surface area contributed by atoms with Crippen LogP contribution in [0.4, 0.5) is 0 Å². The van der Waals surface area contributed by atoms with Gasteiger partial charge in [-0.25, -0.2) is 0 Å². The molecule has 1 aliphatic rings. The van der Waals surface area contributed by atoms with Crippen molar-refractivity contribution in [3.63, 3.8) is 0 Å². The molecule has 1 fully saturated rings. The van der Waals surface area contributed by atoms with Crippen LogP contribution in [0.1, 0.15) is 0 Å². The molecule has 0 aromatic rings. The van der Waals surface area contributed by atoms with Gasteiger partial charge >= 0.3 is 17.9 Å². The van der Waals surface area contributed by atoms with E-state index < -0.39 is 17.9 Å². The first-order valence-electron chi connectivity index (χ1n) is 9.85. The van der Waals surface area contributed by atoms with Crippen LogP contribution in [0.15, 0.2) is 0 Å². The smallest absolute Gasteiger partial charge is 0.317 e. The SMILES string of the molecule is CN(C)CCN1CCN(CC(=O)O)CCN(CC(=O)O)CCN(CC(=O)O)CC1. The van der Waals surface area contributed by atoms with Gasteiger partial charge in [0.15, 0.2) is 0 Å². The lowest BCUT2D eigenvalue weighted by Gasteiger charge is -2.33. The largest absolute Gasteiger partial charge is 0.480 e. The number of rotatable bonds is 9. The summed E-state index contributed by atoms with van der Waals surface area (Å²) < 4.78 is 0. The van der Waals surface area contributed by atoms with Crippen molar-refractivity contribution in [2.45, 2.75) is 0 Å². The molecular formula is C18H35N5O6. The number of hydrogen-bond acceptors (Lipinski definition) is 8. The fourth-order valence-electron chi connectivity index (χ4n) is 3.19. The molecule has 11 nitrogen and oxygen atoms in total. The Morgan fingerprint density at radius 1 is 0.621 bits per heavy atom. The van der Waals surface area contributed by atoms with Crippen LogP contribution in [0.25, 0.3) is 0 Å². The summed E-state index contributed by atoms with van der Waals surface area (Å²) in [5, 5.41) is 27.5. The number of carboxylic acids is 3. The van der Waals surface area contributed by atoms with E-state index in [1.54, 1.807) is 4.90 Å². The molecule has 0 unspecified atom stereocenters. The molecule has 1 rings (SSSR count). The Hall–Kier alpha value is -1.79. The zero-order valence-electron chi connectivity index (χ0n) is 17.5. The van der Waals surface area contributed by atoms with E-state index in [1.165, 1.54) is 0 Å². The van der Waals surface area contributed by atoms with Crippen LogP contribution in [0.2, 0.25) is 0 Å². The minimum atomic E-state index is -0.957. The van der Waals surface area contributed by atoms with Gasteiger partial charge in [0.25, 0.3) is 0 Å². The summed E-state index contributed by atoms with van der Waals surface area (Å²) in [7, 11) is 3.97. The van der Waals surface area contributed by atoms with E-state index in [4.69, 9.17) is 5.11 Å². The Balaban J connectivity index is 2.88. The van der Waals surface area contributed by atoms with Crippen LogP contribution in [0.3, 0.4) is 0 Å². The zero-order valence-corrected chi connectivity index (χ0v) is 17.5. The zero-order chi connectivity index (χ0) is 21.8. The Labute approximate surface area is 172 Å². The van der Waals surface area contributed by atoms with Crippen molar-refractivity contribution in [3.05, 3.63) is 0 Å². The van der Waals surface area contributed by atoms with E-state index >= 15 is 0 Å². The normalized spacial score (nSPS) is 19.6. The van der Waals surface area contributed by atoms with Gasteiger partial charge in [-0.15, -0.1) is 0 Å². The van der Waals surface area contributed by atoms with Crippen LogP contribution in [0, 0.1) is 0 Å². The molecule has 0 amide bonds. The summed E-state index contributed by atoms with van der Waals surface area (Å²) in [6.45, 7) is 5.49. The third kappa shape index (κ3) is 12.4. The molecule has 168 valence electrons. The van der Waals surface area contributed by atoms with Crippen molar-refractivity contribution >= 4 is 17.9 Å². The Morgan fingerprint density at radius 3 is 1.14 bits per heavy atom. The highest BCUT2D eigenvalue weighted by Gasteiger charge is 2.19. The van der Waals surface area contributed by atoms with Crippen molar-refractivity contribution in [3.8, 4) is 0 Å². The van der Waals surface area contributed by atoms with Crippen LogP contribution < -0.4 is 0 Å². The number of aliphatic carboxylic acids is 3. The van der Waals surface area contributed by atoms with Gasteiger partial charge in [0.05, 0.1) is 19.6 Å². The van der Waals surface area contributed by atoms with Crippen LogP contribution >= 0.6 is 0 Å². The number of likely N-dealkylation sites (N-methyl/N-ethyl adjacent to an activating group) is 1. The molecule has 1 saturated heterocycles. The molecule has 0 bridgehead atoms. The van der Waals surface area contributed by atoms with Gasteiger partial charge in [-0.2, -0.15) is 0 Å². The number of nitrogens with zero attached hydrogens (tertiary/aromatic N) is 5. The molecule has 0 spiro atoms. The molecule has 0 aromatic heterocycles. The summed E-state index contributed by atoms with van der Waals surface area (Å²) in [6, 6.07) is 0. The second kappa shape index (κ2) is 13.4. The maximum atomic E-state index is 11.2. The maximum Gasteiger partial charge on any atom is 0.317 e. The first-order valence-corrected chi connectivity index (χ1v) is 9.85. The average Bonchev–Trinajstić information content (AvgIpc) is 2.59. The van der Waals surface area contributed by atoms with E-state index in [0.29, 0.717) is 52.4 Å².